The predicted octanol–water partition coefficient (Wildman–Crippen LogP) is -0.194. The summed E-state index contributed by atoms with van der Waals surface area (Å²) in [4.78, 5) is 0. The van der Waals surface area contributed by atoms with E-state index in [4.69, 9.17) is 24.2 Å². The smallest absolute Gasteiger partial charge is 0.509 e. The van der Waals surface area contributed by atoms with Crippen LogP contribution >= 0.6 is 0 Å². The average molecular weight is 196 g/mol. The molecular weight excluding hydrogens is 187 g/mol. The van der Waals surface area contributed by atoms with Gasteiger partial charge < -0.3 is 24.2 Å². The van der Waals surface area contributed by atoms with Gasteiger partial charge in [-0.1, -0.05) is 6.07 Å². The monoisotopic (exact) mass is 196 g/mol. The number of hydrogen-bond acceptors (Lipinski definition) is 5. The van der Waals surface area contributed by atoms with Crippen LogP contribution in [0.3, 0.4) is 0 Å². The Morgan fingerprint density at radius 1 is 1.21 bits per heavy atom. The molecule has 1 aliphatic rings. The van der Waals surface area contributed by atoms with Crippen LogP contribution in [0.15, 0.2) is 18.2 Å². The molecule has 0 atom stereocenters. The molecule has 2 N–H and O–H groups in total. The predicted molar refractivity (Wildman–Crippen MR) is 48.3 cm³/mol. The number of benzene rings is 1. The van der Waals surface area contributed by atoms with E-state index in [0.29, 0.717) is 24.7 Å². The first-order valence-corrected chi connectivity index (χ1v) is 4.19. The van der Waals surface area contributed by atoms with E-state index in [0.717, 1.165) is 0 Å². The molecule has 1 aromatic rings. The third-order valence-corrected chi connectivity index (χ3v) is 1.76. The van der Waals surface area contributed by atoms with Crippen LogP contribution in [0.4, 0.5) is 0 Å². The molecule has 0 unspecified atom stereocenters. The second-order valence-electron chi connectivity index (χ2n) is 2.72. The topological polar surface area (TPSA) is 68.2 Å². The molecule has 1 heterocycles. The van der Waals surface area contributed by atoms with E-state index < -0.39 is 7.32 Å². The Labute approximate surface area is 81.0 Å². The summed E-state index contributed by atoms with van der Waals surface area (Å²) < 4.78 is 15.3. The lowest BCUT2D eigenvalue weighted by atomic mass is 10.2. The van der Waals surface area contributed by atoms with Gasteiger partial charge in [0.1, 0.15) is 19.0 Å². The molecule has 74 valence electrons. The molecule has 0 radical (unpaired) electrons. The first kappa shape index (κ1) is 9.17. The van der Waals surface area contributed by atoms with Crippen LogP contribution in [0.25, 0.3) is 0 Å². The summed E-state index contributed by atoms with van der Waals surface area (Å²) in [5, 5.41) is 17.3. The third-order valence-electron chi connectivity index (χ3n) is 1.76. The van der Waals surface area contributed by atoms with Gasteiger partial charge in [-0.2, -0.15) is 0 Å². The van der Waals surface area contributed by atoms with Crippen LogP contribution in [0.1, 0.15) is 0 Å². The summed E-state index contributed by atoms with van der Waals surface area (Å²) in [7, 11) is -1.85. The van der Waals surface area contributed by atoms with Crippen LogP contribution in [-0.4, -0.2) is 30.6 Å². The Kier molecular flexibility index (Phi) is 2.47. The highest BCUT2D eigenvalue weighted by atomic mass is 16.6. The van der Waals surface area contributed by atoms with Gasteiger partial charge in [-0.15, -0.1) is 0 Å². The van der Waals surface area contributed by atoms with Crippen LogP contribution < -0.4 is 14.1 Å². The van der Waals surface area contributed by atoms with Gasteiger partial charge in [0.15, 0.2) is 5.75 Å². The molecule has 0 spiro atoms. The second-order valence-corrected chi connectivity index (χ2v) is 2.72. The summed E-state index contributed by atoms with van der Waals surface area (Å²) in [6.45, 7) is 0.910. The summed E-state index contributed by atoms with van der Waals surface area (Å²) in [5.74, 6) is 1.22. The number of hydrogen-bond donors (Lipinski definition) is 2. The zero-order valence-corrected chi connectivity index (χ0v) is 7.34. The van der Waals surface area contributed by atoms with Gasteiger partial charge in [0.2, 0.25) is 5.75 Å². The third kappa shape index (κ3) is 1.76. The van der Waals surface area contributed by atoms with Gasteiger partial charge in [0.05, 0.1) is 0 Å². The fourth-order valence-corrected chi connectivity index (χ4v) is 1.25. The molecular formula is C8H9BO5. The van der Waals surface area contributed by atoms with Gasteiger partial charge >= 0.3 is 7.32 Å². The SMILES string of the molecule is OB(O)Oc1cccc2c1OCCO2. The van der Waals surface area contributed by atoms with E-state index >= 15 is 0 Å². The molecule has 0 amide bonds. The van der Waals surface area contributed by atoms with Gasteiger partial charge in [0.25, 0.3) is 0 Å². The van der Waals surface area contributed by atoms with Gasteiger partial charge in [-0.25, -0.2) is 0 Å². The molecule has 0 saturated heterocycles. The number of rotatable bonds is 2. The lowest BCUT2D eigenvalue weighted by Gasteiger charge is -2.20. The Morgan fingerprint density at radius 2 is 2.00 bits per heavy atom. The molecule has 14 heavy (non-hydrogen) atoms. The molecule has 0 saturated carbocycles. The van der Waals surface area contributed by atoms with Crippen LogP contribution in [0.5, 0.6) is 17.2 Å². The first-order valence-electron chi connectivity index (χ1n) is 4.19. The molecule has 6 heteroatoms. The van der Waals surface area contributed by atoms with E-state index in [2.05, 4.69) is 0 Å². The maximum Gasteiger partial charge on any atom is 0.707 e. The highest BCUT2D eigenvalue weighted by Crippen LogP contribution is 2.38. The van der Waals surface area contributed by atoms with E-state index in [9.17, 15) is 0 Å². The van der Waals surface area contributed by atoms with Gasteiger partial charge in [-0.3, -0.25) is 0 Å². The van der Waals surface area contributed by atoms with Crippen molar-refractivity contribution in [1.29, 1.82) is 0 Å². The molecule has 5 nitrogen and oxygen atoms in total. The lowest BCUT2D eigenvalue weighted by Crippen LogP contribution is -2.22. The van der Waals surface area contributed by atoms with Crippen LogP contribution in [0.2, 0.25) is 0 Å². The minimum atomic E-state index is -1.85. The van der Waals surface area contributed by atoms with Crippen molar-refractivity contribution in [3.05, 3.63) is 18.2 Å². The van der Waals surface area contributed by atoms with Crippen molar-refractivity contribution < 1.29 is 24.2 Å². The first-order chi connectivity index (χ1) is 6.77. The fourth-order valence-electron chi connectivity index (χ4n) is 1.25. The van der Waals surface area contributed by atoms with Gasteiger partial charge in [0, 0.05) is 0 Å². The molecule has 0 bridgehead atoms. The Bertz CT molecular complexity index is 328. The van der Waals surface area contributed by atoms with Gasteiger partial charge in [-0.05, 0) is 12.1 Å². The maximum atomic E-state index is 8.64. The summed E-state index contributed by atoms with van der Waals surface area (Å²) in [6.07, 6.45) is 0. The minimum absolute atomic E-state index is 0.261. The molecule has 2 rings (SSSR count). The average Bonchev–Trinajstić information content (AvgIpc) is 2.18. The minimum Gasteiger partial charge on any atom is -0.509 e. The van der Waals surface area contributed by atoms with Crippen molar-refractivity contribution in [3.8, 4) is 17.2 Å². The second kappa shape index (κ2) is 3.77. The van der Waals surface area contributed by atoms with Crippen LogP contribution in [-0.2, 0) is 0 Å². The summed E-state index contributed by atoms with van der Waals surface area (Å²) >= 11 is 0. The molecule has 1 aromatic carbocycles. The van der Waals surface area contributed by atoms with E-state index in [1.165, 1.54) is 0 Å². The summed E-state index contributed by atoms with van der Waals surface area (Å²) in [5.41, 5.74) is 0. The van der Waals surface area contributed by atoms with E-state index in [-0.39, 0.29) is 5.75 Å². The Morgan fingerprint density at radius 3 is 2.79 bits per heavy atom. The van der Waals surface area contributed by atoms with Crippen molar-refractivity contribution in [2.45, 2.75) is 0 Å². The van der Waals surface area contributed by atoms with Crippen molar-refractivity contribution in [3.63, 3.8) is 0 Å². The maximum absolute atomic E-state index is 8.64. The van der Waals surface area contributed by atoms with Crippen LogP contribution in [0, 0.1) is 0 Å². The zero-order chi connectivity index (χ0) is 9.97. The highest BCUT2D eigenvalue weighted by molar-refractivity contribution is 6.33. The fraction of sp³-hybridized carbons (Fsp3) is 0.250. The molecule has 0 aromatic heterocycles. The van der Waals surface area contributed by atoms with Crippen molar-refractivity contribution in [1.82, 2.24) is 0 Å². The molecule has 1 aliphatic heterocycles. The van der Waals surface area contributed by atoms with Crippen molar-refractivity contribution >= 4 is 7.32 Å². The number of ether oxygens (including phenoxy) is 2. The number of fused-ring (bicyclic) bond motifs is 1. The molecule has 0 aliphatic carbocycles. The Hall–Kier alpha value is -1.40. The highest BCUT2D eigenvalue weighted by Gasteiger charge is 2.20. The van der Waals surface area contributed by atoms with Crippen molar-refractivity contribution in [2.24, 2.45) is 0 Å². The van der Waals surface area contributed by atoms with Crippen molar-refractivity contribution in [2.75, 3.05) is 13.2 Å². The Balaban J connectivity index is 2.30. The normalized spacial score (nSPS) is 13.6. The molecule has 0 fully saturated rings. The quantitative estimate of drug-likeness (QED) is 0.641. The van der Waals surface area contributed by atoms with E-state index in [1.54, 1.807) is 18.2 Å². The van der Waals surface area contributed by atoms with E-state index in [1.807, 2.05) is 0 Å². The largest absolute Gasteiger partial charge is 0.707 e. The number of para-hydroxylation sites is 1. The summed E-state index contributed by atoms with van der Waals surface area (Å²) in [6, 6.07) is 4.99. The zero-order valence-electron chi connectivity index (χ0n) is 7.34. The standard InChI is InChI=1S/C8H9BO5/c10-9(11)14-7-3-1-2-6-8(7)13-5-4-12-6/h1-3,10-11H,4-5H2. The lowest BCUT2D eigenvalue weighted by molar-refractivity contribution is 0.165.